The summed E-state index contributed by atoms with van der Waals surface area (Å²) in [7, 11) is 0. The first kappa shape index (κ1) is 23.7. The first-order chi connectivity index (χ1) is 16.5. The van der Waals surface area contributed by atoms with E-state index in [2.05, 4.69) is 15.6 Å². The number of aromatic hydroxyl groups is 1. The number of carboxylic acid groups (broad SMARTS) is 1. The van der Waals surface area contributed by atoms with Crippen LogP contribution in [-0.2, 0) is 15.8 Å². The van der Waals surface area contributed by atoms with Crippen LogP contribution < -0.4 is 10.4 Å². The molecule has 1 atom stereocenters. The number of para-hydroxylation sites is 1. The summed E-state index contributed by atoms with van der Waals surface area (Å²) in [5.41, 5.74) is 1.03. The molecule has 1 heterocycles. The minimum absolute atomic E-state index is 0.0132. The Kier molecular flexibility index (Phi) is 5.93. The number of carbonyl (C=O) groups excluding carboxylic acids is 1. The van der Waals surface area contributed by atoms with Gasteiger partial charge in [0.05, 0.1) is 17.0 Å². The van der Waals surface area contributed by atoms with Crippen molar-refractivity contribution in [3.63, 3.8) is 0 Å². The third kappa shape index (κ3) is 4.52. The van der Waals surface area contributed by atoms with Gasteiger partial charge in [-0.2, -0.15) is 28.4 Å². The van der Waals surface area contributed by atoms with Crippen LogP contribution in [-0.4, -0.2) is 39.1 Å². The number of nitrogens with zero attached hydrogens (tertiary/aromatic N) is 3. The number of carbonyl (C=O) groups is 2. The minimum atomic E-state index is -4.52. The lowest BCUT2D eigenvalue weighted by Crippen LogP contribution is -2.50. The highest BCUT2D eigenvalue weighted by Crippen LogP contribution is 2.35. The Bertz CT molecular complexity index is 1310. The third-order valence-electron chi connectivity index (χ3n) is 5.57. The number of benzene rings is 2. The van der Waals surface area contributed by atoms with Gasteiger partial charge in [0.25, 0.3) is 0 Å². The Hall–Kier alpha value is -4.41. The molecule has 1 unspecified atom stereocenters. The molecule has 1 amide bonds. The second-order valence-electron chi connectivity index (χ2n) is 7.94. The molecular weight excluding hydrogens is 465 g/mol. The van der Waals surface area contributed by atoms with Gasteiger partial charge >= 0.3 is 18.1 Å². The van der Waals surface area contributed by atoms with E-state index in [1.54, 1.807) is 24.3 Å². The van der Waals surface area contributed by atoms with Gasteiger partial charge in [0.2, 0.25) is 0 Å². The Balaban J connectivity index is 1.57. The number of rotatable bonds is 5. The maximum absolute atomic E-state index is 12.9. The van der Waals surface area contributed by atoms with Gasteiger partial charge in [0.1, 0.15) is 5.75 Å². The van der Waals surface area contributed by atoms with E-state index < -0.39 is 29.2 Å². The molecule has 0 aromatic heterocycles. The Morgan fingerprint density at radius 2 is 1.86 bits per heavy atom. The number of alkyl halides is 3. The van der Waals surface area contributed by atoms with Gasteiger partial charge in [0.15, 0.2) is 11.3 Å². The molecule has 1 aliphatic carbocycles. The van der Waals surface area contributed by atoms with E-state index in [9.17, 15) is 33.0 Å². The van der Waals surface area contributed by atoms with E-state index >= 15 is 0 Å². The van der Waals surface area contributed by atoms with Crippen LogP contribution in [0.4, 0.5) is 18.9 Å². The van der Waals surface area contributed by atoms with Crippen LogP contribution in [0.2, 0.25) is 0 Å². The third-order valence-corrected chi connectivity index (χ3v) is 5.57. The van der Waals surface area contributed by atoms with Crippen molar-refractivity contribution in [2.45, 2.75) is 25.1 Å². The molecule has 11 heteroatoms. The highest BCUT2D eigenvalue weighted by atomic mass is 19.4. The molecule has 8 nitrogen and oxygen atoms in total. The average molecular weight is 484 g/mol. The average Bonchev–Trinajstić information content (AvgIpc) is 3.10. The maximum Gasteiger partial charge on any atom is 0.416 e. The molecule has 0 bridgehead atoms. The number of hydrazone groups is 2. The number of phenolic OH excluding ortho intramolecular Hbond substituents is 1. The van der Waals surface area contributed by atoms with Crippen LogP contribution in [0.5, 0.6) is 5.75 Å². The molecule has 0 saturated carbocycles. The lowest BCUT2D eigenvalue weighted by Gasteiger charge is -2.29. The molecular formula is C24H19F3N4O4. The molecule has 2 aromatic carbocycles. The SMILES string of the molecule is CC1=NN(c2ccc(C(F)(F)F)cc2)C(=O)/C1=N\NC1(C(=O)O)C=CC=C(c2ccccc2O)C1. The first-order valence-electron chi connectivity index (χ1n) is 10.3. The van der Waals surface area contributed by atoms with Gasteiger partial charge in [-0.05, 0) is 48.9 Å². The Morgan fingerprint density at radius 1 is 1.17 bits per heavy atom. The summed E-state index contributed by atoms with van der Waals surface area (Å²) in [6.45, 7) is 1.47. The minimum Gasteiger partial charge on any atom is -0.507 e. The number of hydrogen-bond acceptors (Lipinski definition) is 6. The van der Waals surface area contributed by atoms with Crippen molar-refractivity contribution in [1.29, 1.82) is 0 Å². The summed E-state index contributed by atoms with van der Waals surface area (Å²) in [6, 6.07) is 10.4. The first-order valence-corrected chi connectivity index (χ1v) is 10.3. The standard InChI is InChI=1S/C24H19F3N4O4/c1-14-20(21(33)31(29-14)17-10-8-16(9-11-17)24(25,26)27)28-30-23(22(34)35)12-4-5-15(13-23)18-6-2-3-7-19(18)32/h2-12,30,32H,13H2,1H3,(H,34,35)/b28-20-. The van der Waals surface area contributed by atoms with Gasteiger partial charge in [0, 0.05) is 12.0 Å². The van der Waals surface area contributed by atoms with Crippen molar-refractivity contribution in [2.75, 3.05) is 5.01 Å². The van der Waals surface area contributed by atoms with Crippen molar-refractivity contribution < 1.29 is 33.0 Å². The zero-order valence-corrected chi connectivity index (χ0v) is 18.2. The van der Waals surface area contributed by atoms with Crippen molar-refractivity contribution >= 4 is 34.6 Å². The number of allylic oxidation sites excluding steroid dienone is 2. The number of amides is 1. The molecule has 0 spiro atoms. The summed E-state index contributed by atoms with van der Waals surface area (Å²) in [4.78, 5) is 25.1. The second kappa shape index (κ2) is 8.75. The van der Waals surface area contributed by atoms with Gasteiger partial charge in [-0.15, -0.1) is 0 Å². The fourth-order valence-electron chi connectivity index (χ4n) is 3.70. The molecule has 0 saturated heterocycles. The monoisotopic (exact) mass is 484 g/mol. The highest BCUT2D eigenvalue weighted by molar-refractivity contribution is 6.71. The molecule has 4 rings (SSSR count). The van der Waals surface area contributed by atoms with Crippen molar-refractivity contribution in [3.05, 3.63) is 77.9 Å². The van der Waals surface area contributed by atoms with Crippen molar-refractivity contribution in [2.24, 2.45) is 10.2 Å². The molecule has 2 aromatic rings. The molecule has 180 valence electrons. The molecule has 0 radical (unpaired) electrons. The summed E-state index contributed by atoms with van der Waals surface area (Å²) >= 11 is 0. The number of anilines is 1. The maximum atomic E-state index is 12.9. The van der Waals surface area contributed by atoms with E-state index in [0.717, 1.165) is 29.3 Å². The van der Waals surface area contributed by atoms with Gasteiger partial charge < -0.3 is 10.2 Å². The Morgan fingerprint density at radius 3 is 2.49 bits per heavy atom. The van der Waals surface area contributed by atoms with Gasteiger partial charge in [-0.25, -0.2) is 4.79 Å². The van der Waals surface area contributed by atoms with Crippen LogP contribution in [0.15, 0.2) is 77.0 Å². The molecule has 0 fully saturated rings. The van der Waals surface area contributed by atoms with E-state index in [1.807, 2.05) is 0 Å². The van der Waals surface area contributed by atoms with Crippen LogP contribution in [0.25, 0.3) is 5.57 Å². The zero-order valence-electron chi connectivity index (χ0n) is 18.2. The summed E-state index contributed by atoms with van der Waals surface area (Å²) in [6.07, 6.45) is -0.0439. The van der Waals surface area contributed by atoms with Gasteiger partial charge in [-0.3, -0.25) is 10.2 Å². The molecule has 2 aliphatic rings. The number of aliphatic carboxylic acids is 1. The number of phenols is 1. The highest BCUT2D eigenvalue weighted by Gasteiger charge is 2.40. The smallest absolute Gasteiger partial charge is 0.416 e. The predicted octanol–water partition coefficient (Wildman–Crippen LogP) is 3.95. The van der Waals surface area contributed by atoms with E-state index in [4.69, 9.17) is 0 Å². The van der Waals surface area contributed by atoms with Crippen LogP contribution in [0.1, 0.15) is 24.5 Å². The summed E-state index contributed by atoms with van der Waals surface area (Å²) in [5, 5.41) is 29.1. The fourth-order valence-corrected chi connectivity index (χ4v) is 3.70. The quantitative estimate of drug-likeness (QED) is 0.556. The number of nitrogens with one attached hydrogen (secondary N) is 1. The molecule has 35 heavy (non-hydrogen) atoms. The topological polar surface area (TPSA) is 115 Å². The van der Waals surface area contributed by atoms with E-state index in [0.29, 0.717) is 11.1 Å². The largest absolute Gasteiger partial charge is 0.507 e. The van der Waals surface area contributed by atoms with Gasteiger partial charge in [-0.1, -0.05) is 30.4 Å². The molecule has 1 aliphatic heterocycles. The van der Waals surface area contributed by atoms with E-state index in [-0.39, 0.29) is 29.3 Å². The van der Waals surface area contributed by atoms with Crippen LogP contribution >= 0.6 is 0 Å². The number of carboxylic acids is 1. The zero-order chi connectivity index (χ0) is 25.4. The molecule has 3 N–H and O–H groups in total. The lowest BCUT2D eigenvalue weighted by atomic mass is 9.84. The normalized spacial score (nSPS) is 21.2. The van der Waals surface area contributed by atoms with Crippen molar-refractivity contribution in [3.8, 4) is 5.75 Å². The van der Waals surface area contributed by atoms with Crippen molar-refractivity contribution in [1.82, 2.24) is 5.43 Å². The lowest BCUT2D eigenvalue weighted by molar-refractivity contribution is -0.142. The van der Waals surface area contributed by atoms with Crippen LogP contribution in [0.3, 0.4) is 0 Å². The summed E-state index contributed by atoms with van der Waals surface area (Å²) < 4.78 is 38.5. The van der Waals surface area contributed by atoms with E-state index in [1.165, 1.54) is 25.1 Å². The second-order valence-corrected chi connectivity index (χ2v) is 7.94. The fraction of sp³-hybridized carbons (Fsp3) is 0.167. The van der Waals surface area contributed by atoms with Crippen LogP contribution in [0, 0.1) is 0 Å². The summed E-state index contributed by atoms with van der Waals surface area (Å²) in [5.74, 6) is -2.01. The Labute approximate surface area is 197 Å². The number of hydrogen-bond donors (Lipinski definition) is 3. The number of halogens is 3. The predicted molar refractivity (Wildman–Crippen MR) is 123 cm³/mol.